The fourth-order valence-electron chi connectivity index (χ4n) is 4.13. The Kier molecular flexibility index (Phi) is 7.32. The van der Waals surface area contributed by atoms with Crippen molar-refractivity contribution in [1.29, 1.82) is 0 Å². The van der Waals surface area contributed by atoms with Gasteiger partial charge in [-0.1, -0.05) is 47.1 Å². The number of hydrogen-bond acceptors (Lipinski definition) is 5. The second-order valence-electron chi connectivity index (χ2n) is 8.64. The third-order valence-electron chi connectivity index (χ3n) is 6.10. The van der Waals surface area contributed by atoms with E-state index in [2.05, 4.69) is 20.7 Å². The zero-order chi connectivity index (χ0) is 23.9. The van der Waals surface area contributed by atoms with Gasteiger partial charge in [-0.3, -0.25) is 4.79 Å². The summed E-state index contributed by atoms with van der Waals surface area (Å²) < 4.78 is 0. The number of nitrogens with zero attached hydrogens (tertiary/aromatic N) is 2. The Labute approximate surface area is 200 Å². The summed E-state index contributed by atoms with van der Waals surface area (Å²) in [5.41, 5.74) is 11.8. The number of anilines is 3. The maximum Gasteiger partial charge on any atom is 0.257 e. The molecule has 0 bridgehead atoms. The lowest BCUT2D eigenvalue weighted by molar-refractivity contribution is 0.102. The zero-order valence-electron chi connectivity index (χ0n) is 19.4. The molecule has 0 spiro atoms. The lowest BCUT2D eigenvalue weighted by Gasteiger charge is -2.30. The van der Waals surface area contributed by atoms with Crippen LogP contribution in [-0.4, -0.2) is 30.0 Å². The molecular formula is C27H31N5O2. The first-order valence-electron chi connectivity index (χ1n) is 11.6. The molecular weight excluding hydrogens is 426 g/mol. The first-order valence-corrected chi connectivity index (χ1v) is 11.6. The van der Waals surface area contributed by atoms with Crippen LogP contribution in [0.4, 0.5) is 17.1 Å². The van der Waals surface area contributed by atoms with Gasteiger partial charge in [-0.15, -0.1) is 0 Å². The van der Waals surface area contributed by atoms with E-state index < -0.39 is 0 Å². The Morgan fingerprint density at radius 1 is 0.971 bits per heavy atom. The number of carbonyl (C=O) groups excluding carboxylic acids is 1. The van der Waals surface area contributed by atoms with Gasteiger partial charge in [0.15, 0.2) is 5.84 Å². The summed E-state index contributed by atoms with van der Waals surface area (Å²) in [5, 5.41) is 18.3. The number of amidine groups is 1. The number of aryl methyl sites for hydroxylation is 1. The number of benzene rings is 3. The summed E-state index contributed by atoms with van der Waals surface area (Å²) in [5.74, 6) is -0.0340. The van der Waals surface area contributed by atoms with Crippen molar-refractivity contribution in [2.45, 2.75) is 32.7 Å². The third-order valence-corrected chi connectivity index (χ3v) is 6.10. The van der Waals surface area contributed by atoms with Crippen molar-refractivity contribution < 1.29 is 10.0 Å². The summed E-state index contributed by atoms with van der Waals surface area (Å²) in [4.78, 5) is 15.6. The fraction of sp³-hybridized carbons (Fsp3) is 0.259. The Morgan fingerprint density at radius 3 is 2.32 bits per heavy atom. The molecule has 1 aliphatic rings. The fourth-order valence-corrected chi connectivity index (χ4v) is 4.13. The van der Waals surface area contributed by atoms with Gasteiger partial charge in [0.25, 0.3) is 5.91 Å². The van der Waals surface area contributed by atoms with Crippen LogP contribution in [0, 0.1) is 6.92 Å². The van der Waals surface area contributed by atoms with E-state index in [0.717, 1.165) is 54.1 Å². The summed E-state index contributed by atoms with van der Waals surface area (Å²) in [7, 11) is 0. The molecule has 4 rings (SSSR count). The molecule has 1 heterocycles. The third kappa shape index (κ3) is 5.67. The van der Waals surface area contributed by atoms with E-state index in [1.807, 2.05) is 73.7 Å². The molecule has 0 aliphatic carbocycles. The SMILES string of the molecule is Cc1ccc(NC(=O)c2cc(NCc3ccc(C(N)=NO)cc3)ccc2N2CCCCC2)cc1. The minimum Gasteiger partial charge on any atom is -0.409 e. The van der Waals surface area contributed by atoms with Crippen molar-refractivity contribution in [3.8, 4) is 0 Å². The van der Waals surface area contributed by atoms with Gasteiger partial charge >= 0.3 is 0 Å². The van der Waals surface area contributed by atoms with Gasteiger partial charge < -0.3 is 26.5 Å². The number of carbonyl (C=O) groups is 1. The minimum absolute atomic E-state index is 0.0806. The van der Waals surface area contributed by atoms with Crippen LogP contribution in [0.3, 0.4) is 0 Å². The summed E-state index contributed by atoms with van der Waals surface area (Å²) >= 11 is 0. The van der Waals surface area contributed by atoms with Crippen molar-refractivity contribution in [3.05, 3.63) is 89.0 Å². The van der Waals surface area contributed by atoms with Gasteiger partial charge in [0.1, 0.15) is 0 Å². The number of oxime groups is 1. The van der Waals surface area contributed by atoms with Gasteiger partial charge in [-0.05, 0) is 62.1 Å². The molecule has 1 aliphatic heterocycles. The molecule has 3 aromatic rings. The summed E-state index contributed by atoms with van der Waals surface area (Å²) in [6.45, 7) is 4.53. The average molecular weight is 458 g/mol. The zero-order valence-corrected chi connectivity index (χ0v) is 19.4. The van der Waals surface area contributed by atoms with Gasteiger partial charge in [0.2, 0.25) is 0 Å². The highest BCUT2D eigenvalue weighted by atomic mass is 16.4. The molecule has 0 unspecified atom stereocenters. The number of rotatable bonds is 7. The van der Waals surface area contributed by atoms with E-state index in [9.17, 15) is 4.79 Å². The van der Waals surface area contributed by atoms with E-state index in [1.54, 1.807) is 0 Å². The van der Waals surface area contributed by atoms with Crippen molar-refractivity contribution >= 4 is 28.8 Å². The van der Waals surface area contributed by atoms with Crippen LogP contribution in [0.25, 0.3) is 0 Å². The summed E-state index contributed by atoms with van der Waals surface area (Å²) in [6, 6.07) is 21.3. The normalized spacial score (nSPS) is 14.0. The van der Waals surface area contributed by atoms with E-state index in [4.69, 9.17) is 10.9 Å². The summed E-state index contributed by atoms with van der Waals surface area (Å²) in [6.07, 6.45) is 3.51. The Bertz CT molecular complexity index is 1150. The van der Waals surface area contributed by atoms with E-state index in [-0.39, 0.29) is 11.7 Å². The van der Waals surface area contributed by atoms with E-state index in [1.165, 1.54) is 6.42 Å². The number of piperidine rings is 1. The van der Waals surface area contributed by atoms with Gasteiger partial charge in [0, 0.05) is 42.3 Å². The molecule has 1 saturated heterocycles. The van der Waals surface area contributed by atoms with Crippen LogP contribution >= 0.6 is 0 Å². The average Bonchev–Trinajstić information content (AvgIpc) is 2.89. The molecule has 3 aromatic carbocycles. The molecule has 0 atom stereocenters. The predicted octanol–water partition coefficient (Wildman–Crippen LogP) is 4.94. The molecule has 0 saturated carbocycles. The Hall–Kier alpha value is -4.00. The van der Waals surface area contributed by atoms with Gasteiger partial charge in [-0.2, -0.15) is 0 Å². The standard InChI is InChI=1S/C27H31N5O2/c1-19-5-11-22(12-6-19)30-27(33)24-17-23(13-14-25(24)32-15-3-2-4-16-32)29-18-20-7-9-21(10-8-20)26(28)31-34/h5-14,17,29,34H,2-4,15-16,18H2,1H3,(H2,28,31)(H,30,33). The van der Waals surface area contributed by atoms with Crippen LogP contribution in [0.1, 0.15) is 46.3 Å². The second kappa shape index (κ2) is 10.7. The monoisotopic (exact) mass is 457 g/mol. The molecule has 0 radical (unpaired) electrons. The number of amides is 1. The van der Waals surface area contributed by atoms with Crippen LogP contribution in [-0.2, 0) is 6.54 Å². The maximum atomic E-state index is 13.3. The lowest BCUT2D eigenvalue weighted by Crippen LogP contribution is -2.31. The van der Waals surface area contributed by atoms with E-state index >= 15 is 0 Å². The predicted molar refractivity (Wildman–Crippen MR) is 138 cm³/mol. The molecule has 7 nitrogen and oxygen atoms in total. The highest BCUT2D eigenvalue weighted by molar-refractivity contribution is 6.08. The van der Waals surface area contributed by atoms with Crippen molar-refractivity contribution in [2.75, 3.05) is 28.6 Å². The van der Waals surface area contributed by atoms with Crippen LogP contribution < -0.4 is 21.3 Å². The van der Waals surface area contributed by atoms with Crippen LogP contribution in [0.15, 0.2) is 71.9 Å². The van der Waals surface area contributed by atoms with Crippen LogP contribution in [0.2, 0.25) is 0 Å². The Balaban J connectivity index is 1.53. The topological polar surface area (TPSA) is 103 Å². The van der Waals surface area contributed by atoms with Gasteiger partial charge in [-0.25, -0.2) is 0 Å². The van der Waals surface area contributed by atoms with Crippen LogP contribution in [0.5, 0.6) is 0 Å². The minimum atomic E-state index is -0.115. The Morgan fingerprint density at radius 2 is 1.65 bits per heavy atom. The van der Waals surface area contributed by atoms with Crippen molar-refractivity contribution in [2.24, 2.45) is 10.9 Å². The smallest absolute Gasteiger partial charge is 0.257 e. The molecule has 176 valence electrons. The molecule has 7 heteroatoms. The first kappa shape index (κ1) is 23.2. The molecule has 34 heavy (non-hydrogen) atoms. The quantitative estimate of drug-likeness (QED) is 0.174. The molecule has 0 aromatic heterocycles. The highest BCUT2D eigenvalue weighted by Gasteiger charge is 2.19. The second-order valence-corrected chi connectivity index (χ2v) is 8.64. The molecule has 5 N–H and O–H groups in total. The number of nitrogens with one attached hydrogen (secondary N) is 2. The van der Waals surface area contributed by atoms with Crippen molar-refractivity contribution in [1.82, 2.24) is 0 Å². The van der Waals surface area contributed by atoms with Crippen molar-refractivity contribution in [3.63, 3.8) is 0 Å². The maximum absolute atomic E-state index is 13.3. The van der Waals surface area contributed by atoms with E-state index in [0.29, 0.717) is 17.7 Å². The highest BCUT2D eigenvalue weighted by Crippen LogP contribution is 2.28. The number of hydrogen-bond donors (Lipinski definition) is 4. The first-order chi connectivity index (χ1) is 16.5. The lowest BCUT2D eigenvalue weighted by atomic mass is 10.1. The van der Waals surface area contributed by atoms with Gasteiger partial charge in [0.05, 0.1) is 5.56 Å². The largest absolute Gasteiger partial charge is 0.409 e. The number of nitrogens with two attached hydrogens (primary N) is 1. The molecule has 1 amide bonds. The molecule has 1 fully saturated rings.